The molecular weight excluding hydrogens is 375 g/mol. The number of imidazole rings is 1. The van der Waals surface area contributed by atoms with E-state index in [9.17, 15) is 14.4 Å². The van der Waals surface area contributed by atoms with E-state index in [2.05, 4.69) is 21.0 Å². The highest BCUT2D eigenvalue weighted by atomic mass is 19.1. The first kappa shape index (κ1) is 18.1. The zero-order chi connectivity index (χ0) is 20.5. The van der Waals surface area contributed by atoms with Crippen LogP contribution in [0, 0.1) is 17.1 Å². The average molecular weight is 388 g/mol. The maximum atomic E-state index is 13.3. The van der Waals surface area contributed by atoms with Gasteiger partial charge in [-0.1, -0.05) is 0 Å². The molecule has 3 heterocycles. The third-order valence-electron chi connectivity index (χ3n) is 4.13. The minimum absolute atomic E-state index is 0.190. The van der Waals surface area contributed by atoms with E-state index in [4.69, 9.17) is 10.6 Å². The number of hydrogen-bond donors (Lipinski definition) is 1. The Labute approximate surface area is 164 Å². The Morgan fingerprint density at radius 1 is 1.24 bits per heavy atom. The number of carbonyl (C=O) groups excluding carboxylic acids is 1. The van der Waals surface area contributed by atoms with Crippen LogP contribution in [0.3, 0.4) is 0 Å². The molecule has 29 heavy (non-hydrogen) atoms. The lowest BCUT2D eigenvalue weighted by Crippen LogP contribution is -2.18. The SMILES string of the molecule is CC(=O)On1c(-c2cccnc2N)nc2cc(C#N)c(-c3ccc(F)cc3)nc21. The van der Waals surface area contributed by atoms with Gasteiger partial charge in [-0.3, -0.25) is 0 Å². The van der Waals surface area contributed by atoms with Crippen molar-refractivity contribution in [3.63, 3.8) is 0 Å². The van der Waals surface area contributed by atoms with Crippen LogP contribution in [-0.2, 0) is 4.79 Å². The number of nitrogen functional groups attached to an aromatic ring is 1. The number of aromatic nitrogens is 4. The first-order valence-electron chi connectivity index (χ1n) is 8.47. The van der Waals surface area contributed by atoms with Crippen LogP contribution >= 0.6 is 0 Å². The molecule has 0 unspecified atom stereocenters. The van der Waals surface area contributed by atoms with Gasteiger partial charge in [0.25, 0.3) is 0 Å². The minimum atomic E-state index is -0.595. The molecule has 0 amide bonds. The van der Waals surface area contributed by atoms with E-state index in [0.717, 1.165) is 4.73 Å². The number of halogens is 1. The van der Waals surface area contributed by atoms with Gasteiger partial charge in [-0.15, -0.1) is 4.73 Å². The number of fused-ring (bicyclic) bond motifs is 1. The Balaban J connectivity index is 2.02. The van der Waals surface area contributed by atoms with Gasteiger partial charge in [-0.25, -0.2) is 24.1 Å². The number of anilines is 1. The summed E-state index contributed by atoms with van der Waals surface area (Å²) in [6.07, 6.45) is 1.52. The molecule has 0 radical (unpaired) electrons. The Hall–Kier alpha value is -4.32. The van der Waals surface area contributed by atoms with Crippen LogP contribution in [0.4, 0.5) is 10.2 Å². The number of nitriles is 1. The highest BCUT2D eigenvalue weighted by Crippen LogP contribution is 2.30. The molecule has 8 nitrogen and oxygen atoms in total. The molecule has 0 aliphatic rings. The number of hydrogen-bond acceptors (Lipinski definition) is 7. The monoisotopic (exact) mass is 388 g/mol. The largest absolute Gasteiger partial charge is 0.383 e. The van der Waals surface area contributed by atoms with Crippen molar-refractivity contribution in [3.05, 3.63) is 60.0 Å². The molecule has 0 aliphatic carbocycles. The number of nitrogens with zero attached hydrogens (tertiary/aromatic N) is 5. The average Bonchev–Trinajstić information content (AvgIpc) is 3.04. The lowest BCUT2D eigenvalue weighted by molar-refractivity contribution is -0.140. The van der Waals surface area contributed by atoms with Crippen LogP contribution in [0.1, 0.15) is 12.5 Å². The van der Waals surface area contributed by atoms with Crippen molar-refractivity contribution >= 4 is 23.0 Å². The third-order valence-corrected chi connectivity index (χ3v) is 4.13. The van der Waals surface area contributed by atoms with E-state index in [1.807, 2.05) is 0 Å². The second-order valence-corrected chi connectivity index (χ2v) is 6.09. The van der Waals surface area contributed by atoms with Gasteiger partial charge in [0.05, 0.1) is 16.8 Å². The van der Waals surface area contributed by atoms with E-state index >= 15 is 0 Å². The molecule has 0 spiro atoms. The first-order chi connectivity index (χ1) is 14.0. The van der Waals surface area contributed by atoms with E-state index < -0.39 is 11.8 Å². The van der Waals surface area contributed by atoms with Gasteiger partial charge in [0.2, 0.25) is 0 Å². The molecule has 0 saturated heterocycles. The summed E-state index contributed by atoms with van der Waals surface area (Å²) in [5, 5.41) is 9.56. The van der Waals surface area contributed by atoms with Gasteiger partial charge in [0, 0.05) is 18.7 Å². The maximum Gasteiger partial charge on any atom is 0.330 e. The van der Waals surface area contributed by atoms with Gasteiger partial charge < -0.3 is 10.6 Å². The van der Waals surface area contributed by atoms with Gasteiger partial charge in [0.1, 0.15) is 23.2 Å². The van der Waals surface area contributed by atoms with Crippen molar-refractivity contribution < 1.29 is 14.0 Å². The predicted molar refractivity (Wildman–Crippen MR) is 103 cm³/mol. The van der Waals surface area contributed by atoms with Crippen molar-refractivity contribution in [2.24, 2.45) is 0 Å². The Kier molecular flexibility index (Phi) is 4.37. The molecule has 2 N–H and O–H groups in total. The first-order valence-corrected chi connectivity index (χ1v) is 8.47. The summed E-state index contributed by atoms with van der Waals surface area (Å²) in [5.41, 5.74) is 8.00. The lowest BCUT2D eigenvalue weighted by atomic mass is 10.1. The molecular formula is C20H13FN6O2. The van der Waals surface area contributed by atoms with E-state index in [0.29, 0.717) is 22.3 Å². The van der Waals surface area contributed by atoms with Crippen LogP contribution < -0.4 is 10.6 Å². The highest BCUT2D eigenvalue weighted by molar-refractivity contribution is 5.85. The lowest BCUT2D eigenvalue weighted by Gasteiger charge is -2.09. The number of pyridine rings is 2. The van der Waals surface area contributed by atoms with Crippen LogP contribution in [0.25, 0.3) is 33.8 Å². The van der Waals surface area contributed by atoms with Crippen LogP contribution in [-0.4, -0.2) is 25.7 Å². The molecule has 3 aromatic heterocycles. The molecule has 4 rings (SSSR count). The summed E-state index contributed by atoms with van der Waals surface area (Å²) in [7, 11) is 0. The topological polar surface area (TPSA) is 120 Å². The highest BCUT2D eigenvalue weighted by Gasteiger charge is 2.21. The second-order valence-electron chi connectivity index (χ2n) is 6.09. The van der Waals surface area contributed by atoms with Gasteiger partial charge in [0.15, 0.2) is 11.5 Å². The van der Waals surface area contributed by atoms with Crippen molar-refractivity contribution in [3.8, 4) is 28.7 Å². The summed E-state index contributed by atoms with van der Waals surface area (Å²) < 4.78 is 14.5. The van der Waals surface area contributed by atoms with Crippen molar-refractivity contribution in [2.45, 2.75) is 6.92 Å². The summed E-state index contributed by atoms with van der Waals surface area (Å²) >= 11 is 0. The molecule has 0 aliphatic heterocycles. The second kappa shape index (κ2) is 7.01. The standard InChI is InChI=1S/C20H13FN6O2/c1-11(28)29-27-19(15-3-2-8-24-18(15)23)25-16-9-13(10-22)17(26-20(16)27)12-4-6-14(21)7-5-12/h2-9H,1H3,(H2,23,24). The normalized spacial score (nSPS) is 10.7. The molecule has 1 aromatic carbocycles. The van der Waals surface area contributed by atoms with Gasteiger partial charge >= 0.3 is 5.97 Å². The van der Waals surface area contributed by atoms with E-state index in [1.54, 1.807) is 12.1 Å². The fourth-order valence-electron chi connectivity index (χ4n) is 2.89. The molecule has 9 heteroatoms. The van der Waals surface area contributed by atoms with E-state index in [1.165, 1.54) is 43.5 Å². The zero-order valence-corrected chi connectivity index (χ0v) is 15.1. The fraction of sp³-hybridized carbons (Fsp3) is 0.0500. The van der Waals surface area contributed by atoms with Crippen LogP contribution in [0.5, 0.6) is 0 Å². The molecule has 142 valence electrons. The number of rotatable bonds is 3. The van der Waals surface area contributed by atoms with Crippen molar-refractivity contribution in [1.82, 2.24) is 19.7 Å². The molecule has 0 saturated carbocycles. The predicted octanol–water partition coefficient (Wildman–Crippen LogP) is 2.73. The minimum Gasteiger partial charge on any atom is -0.383 e. The molecule has 0 bridgehead atoms. The van der Waals surface area contributed by atoms with Crippen molar-refractivity contribution in [1.29, 1.82) is 5.26 Å². The Morgan fingerprint density at radius 2 is 2.00 bits per heavy atom. The number of benzene rings is 1. The van der Waals surface area contributed by atoms with Crippen LogP contribution in [0.2, 0.25) is 0 Å². The van der Waals surface area contributed by atoms with Crippen LogP contribution in [0.15, 0.2) is 48.7 Å². The van der Waals surface area contributed by atoms with Gasteiger partial charge in [-0.05, 0) is 42.5 Å². The molecule has 4 aromatic rings. The smallest absolute Gasteiger partial charge is 0.330 e. The van der Waals surface area contributed by atoms with Crippen molar-refractivity contribution in [2.75, 3.05) is 5.73 Å². The summed E-state index contributed by atoms with van der Waals surface area (Å²) in [6, 6.07) is 12.5. The summed E-state index contributed by atoms with van der Waals surface area (Å²) in [5.74, 6) is -0.598. The quantitative estimate of drug-likeness (QED) is 0.573. The van der Waals surface area contributed by atoms with E-state index in [-0.39, 0.29) is 22.9 Å². The van der Waals surface area contributed by atoms with Gasteiger partial charge in [-0.2, -0.15) is 5.26 Å². The zero-order valence-electron chi connectivity index (χ0n) is 15.1. The maximum absolute atomic E-state index is 13.3. The Bertz CT molecular complexity index is 1290. The molecule has 0 fully saturated rings. The number of nitrogens with two attached hydrogens (primary N) is 1. The number of carbonyl (C=O) groups is 1. The summed E-state index contributed by atoms with van der Waals surface area (Å²) in [6.45, 7) is 1.24. The fourth-order valence-corrected chi connectivity index (χ4v) is 2.89. The third kappa shape index (κ3) is 3.23. The Morgan fingerprint density at radius 3 is 2.66 bits per heavy atom. The molecule has 0 atom stereocenters. The summed E-state index contributed by atoms with van der Waals surface area (Å²) in [4.78, 5) is 30.0.